The van der Waals surface area contributed by atoms with Crippen LogP contribution in [0.3, 0.4) is 0 Å². The second-order valence-corrected chi connectivity index (χ2v) is 5.13. The maximum absolute atomic E-state index is 8.81. The quantitative estimate of drug-likeness (QED) is 0.857. The van der Waals surface area contributed by atoms with E-state index in [-0.39, 0.29) is 0 Å². The zero-order chi connectivity index (χ0) is 13.0. The largest absolute Gasteiger partial charge is 0.378 e. The lowest BCUT2D eigenvalue weighted by molar-refractivity contribution is 0.181. The van der Waals surface area contributed by atoms with E-state index >= 15 is 0 Å². The topological polar surface area (TPSA) is 45.9 Å². The first kappa shape index (κ1) is 13.0. The molecule has 92 valence electrons. The van der Waals surface area contributed by atoms with Gasteiger partial charge in [0.25, 0.3) is 0 Å². The number of aromatic nitrogens is 1. The number of rotatable bonds is 4. The van der Waals surface area contributed by atoms with Gasteiger partial charge in [-0.2, -0.15) is 5.26 Å². The number of ether oxygens (including phenoxy) is 1. The van der Waals surface area contributed by atoms with Gasteiger partial charge in [0, 0.05) is 17.6 Å². The van der Waals surface area contributed by atoms with Crippen molar-refractivity contribution in [1.29, 1.82) is 5.26 Å². The van der Waals surface area contributed by atoms with Gasteiger partial charge in [-0.25, -0.2) is 4.98 Å². The molecule has 2 aromatic rings. The number of thiazole rings is 1. The third kappa shape index (κ3) is 2.70. The molecule has 0 N–H and O–H groups in total. The first-order chi connectivity index (χ1) is 8.76. The highest BCUT2D eigenvalue weighted by Gasteiger charge is 2.13. The van der Waals surface area contributed by atoms with Gasteiger partial charge >= 0.3 is 0 Å². The van der Waals surface area contributed by atoms with E-state index < -0.39 is 0 Å². The minimum Gasteiger partial charge on any atom is -0.378 e. The molecule has 0 unspecified atom stereocenters. The van der Waals surface area contributed by atoms with Crippen molar-refractivity contribution in [2.24, 2.45) is 0 Å². The van der Waals surface area contributed by atoms with Crippen LogP contribution in [0.25, 0.3) is 10.6 Å². The molecule has 5 heteroatoms. The molecule has 1 aromatic heterocycles. The van der Waals surface area contributed by atoms with Crippen LogP contribution in [-0.2, 0) is 17.8 Å². The highest BCUT2D eigenvalue weighted by atomic mass is 35.5. The summed E-state index contributed by atoms with van der Waals surface area (Å²) in [6.45, 7) is 0.415. The van der Waals surface area contributed by atoms with E-state index in [0.717, 1.165) is 21.1 Å². The Balaban J connectivity index is 2.44. The molecule has 3 nitrogen and oxygen atoms in total. The van der Waals surface area contributed by atoms with Crippen LogP contribution in [0.2, 0.25) is 5.02 Å². The van der Waals surface area contributed by atoms with E-state index in [1.54, 1.807) is 7.11 Å². The van der Waals surface area contributed by atoms with Crippen LogP contribution in [0.15, 0.2) is 24.3 Å². The van der Waals surface area contributed by atoms with E-state index in [9.17, 15) is 0 Å². The van der Waals surface area contributed by atoms with Crippen LogP contribution in [0.5, 0.6) is 0 Å². The number of nitriles is 1. The fourth-order valence-corrected chi connectivity index (χ4v) is 2.91. The summed E-state index contributed by atoms with van der Waals surface area (Å²) in [7, 11) is 1.62. The zero-order valence-electron chi connectivity index (χ0n) is 9.81. The van der Waals surface area contributed by atoms with Gasteiger partial charge in [-0.05, 0) is 6.07 Å². The molecule has 18 heavy (non-hydrogen) atoms. The molecule has 0 spiro atoms. The molecular formula is C13H11ClN2OS. The van der Waals surface area contributed by atoms with Gasteiger partial charge in [0.05, 0.1) is 29.8 Å². The average Bonchev–Trinajstić information content (AvgIpc) is 2.74. The van der Waals surface area contributed by atoms with Crippen molar-refractivity contribution in [3.63, 3.8) is 0 Å². The molecular weight excluding hydrogens is 268 g/mol. The molecule has 0 fully saturated rings. The smallest absolute Gasteiger partial charge is 0.125 e. The summed E-state index contributed by atoms with van der Waals surface area (Å²) in [6, 6.07) is 9.70. The lowest BCUT2D eigenvalue weighted by Gasteiger charge is -1.98. The number of hydrogen-bond donors (Lipinski definition) is 0. The Labute approximate surface area is 115 Å². The first-order valence-electron chi connectivity index (χ1n) is 5.35. The Bertz CT molecular complexity index is 589. The molecule has 0 bridgehead atoms. The van der Waals surface area contributed by atoms with E-state index in [1.807, 2.05) is 24.3 Å². The van der Waals surface area contributed by atoms with Gasteiger partial charge in [-0.15, -0.1) is 11.3 Å². The van der Waals surface area contributed by atoms with Gasteiger partial charge in [-0.3, -0.25) is 0 Å². The predicted octanol–water partition coefficient (Wildman–Crippen LogP) is 3.68. The summed E-state index contributed by atoms with van der Waals surface area (Å²) in [5.74, 6) is 0. The lowest BCUT2D eigenvalue weighted by Crippen LogP contribution is -1.92. The van der Waals surface area contributed by atoms with Crippen LogP contribution in [0, 0.1) is 11.3 Å². The lowest BCUT2D eigenvalue weighted by atomic mass is 10.2. The maximum atomic E-state index is 8.81. The van der Waals surface area contributed by atoms with E-state index in [1.165, 1.54) is 11.3 Å². The average molecular weight is 279 g/mol. The minimum atomic E-state index is 0.348. The van der Waals surface area contributed by atoms with Crippen molar-refractivity contribution in [2.45, 2.75) is 13.0 Å². The van der Waals surface area contributed by atoms with Gasteiger partial charge < -0.3 is 4.74 Å². The van der Waals surface area contributed by atoms with Crippen LogP contribution >= 0.6 is 22.9 Å². The Morgan fingerprint density at radius 3 is 2.89 bits per heavy atom. The van der Waals surface area contributed by atoms with Crippen molar-refractivity contribution < 1.29 is 4.74 Å². The fraction of sp³-hybridized carbons (Fsp3) is 0.231. The van der Waals surface area contributed by atoms with E-state index in [0.29, 0.717) is 18.1 Å². The Kier molecular flexibility index (Phi) is 4.32. The molecule has 0 radical (unpaired) electrons. The van der Waals surface area contributed by atoms with Crippen LogP contribution in [-0.4, -0.2) is 12.1 Å². The van der Waals surface area contributed by atoms with Gasteiger partial charge in [0.1, 0.15) is 5.01 Å². The standard InChI is InChI=1S/C13H11ClN2OS/c1-17-8-11-12(6-7-15)18-13(16-11)9-4-2-3-5-10(9)14/h2-5H,6,8H2,1H3. The van der Waals surface area contributed by atoms with Crippen molar-refractivity contribution in [2.75, 3.05) is 7.11 Å². The Morgan fingerprint density at radius 2 is 2.22 bits per heavy atom. The molecule has 1 heterocycles. The van der Waals surface area contributed by atoms with Crippen LogP contribution < -0.4 is 0 Å². The highest BCUT2D eigenvalue weighted by molar-refractivity contribution is 7.15. The Hall–Kier alpha value is -1.41. The summed E-state index contributed by atoms with van der Waals surface area (Å²) in [6.07, 6.45) is 0.348. The van der Waals surface area contributed by atoms with E-state index in [2.05, 4.69) is 11.1 Å². The van der Waals surface area contributed by atoms with Gasteiger partial charge in [-0.1, -0.05) is 29.8 Å². The molecule has 0 atom stereocenters. The van der Waals surface area contributed by atoms with Gasteiger partial charge in [0.15, 0.2) is 0 Å². The maximum Gasteiger partial charge on any atom is 0.125 e. The number of halogens is 1. The number of nitrogens with zero attached hydrogens (tertiary/aromatic N) is 2. The molecule has 0 saturated heterocycles. The number of benzene rings is 1. The Morgan fingerprint density at radius 1 is 1.44 bits per heavy atom. The SMILES string of the molecule is COCc1nc(-c2ccccc2Cl)sc1CC#N. The highest BCUT2D eigenvalue weighted by Crippen LogP contribution is 2.33. The zero-order valence-corrected chi connectivity index (χ0v) is 11.4. The van der Waals surface area contributed by atoms with Gasteiger partial charge in [0.2, 0.25) is 0 Å². The van der Waals surface area contributed by atoms with Crippen LogP contribution in [0.1, 0.15) is 10.6 Å². The van der Waals surface area contributed by atoms with Crippen molar-refractivity contribution in [1.82, 2.24) is 4.98 Å². The second-order valence-electron chi connectivity index (χ2n) is 3.64. The molecule has 0 saturated carbocycles. The van der Waals surface area contributed by atoms with Crippen LogP contribution in [0.4, 0.5) is 0 Å². The monoisotopic (exact) mass is 278 g/mol. The predicted molar refractivity (Wildman–Crippen MR) is 72.6 cm³/mol. The van der Waals surface area contributed by atoms with Crippen molar-refractivity contribution in [3.8, 4) is 16.6 Å². The number of hydrogen-bond acceptors (Lipinski definition) is 4. The first-order valence-corrected chi connectivity index (χ1v) is 6.55. The summed E-state index contributed by atoms with van der Waals surface area (Å²) in [5, 5.41) is 10.3. The molecule has 0 aliphatic heterocycles. The fourth-order valence-electron chi connectivity index (χ4n) is 1.59. The summed E-state index contributed by atoms with van der Waals surface area (Å²) in [5.41, 5.74) is 1.71. The second kappa shape index (κ2) is 5.96. The van der Waals surface area contributed by atoms with E-state index in [4.69, 9.17) is 21.6 Å². The third-order valence-electron chi connectivity index (χ3n) is 2.40. The molecule has 0 aliphatic rings. The summed E-state index contributed by atoms with van der Waals surface area (Å²) in [4.78, 5) is 5.45. The minimum absolute atomic E-state index is 0.348. The third-order valence-corrected chi connectivity index (χ3v) is 3.86. The summed E-state index contributed by atoms with van der Waals surface area (Å²) < 4.78 is 5.10. The molecule has 2 rings (SSSR count). The molecule has 0 amide bonds. The van der Waals surface area contributed by atoms with Crippen molar-refractivity contribution in [3.05, 3.63) is 39.9 Å². The normalized spacial score (nSPS) is 10.3. The molecule has 1 aromatic carbocycles. The summed E-state index contributed by atoms with van der Waals surface area (Å²) >= 11 is 7.64. The van der Waals surface area contributed by atoms with Crippen molar-refractivity contribution >= 4 is 22.9 Å². The number of methoxy groups -OCH3 is 1. The molecule has 0 aliphatic carbocycles.